The summed E-state index contributed by atoms with van der Waals surface area (Å²) in [6, 6.07) is 19.4. The monoisotopic (exact) mass is 490 g/mol. The highest BCUT2D eigenvalue weighted by Crippen LogP contribution is 2.44. The standard InChI is InChI=1S/C29H30O7/c1-33-28(32)24-19-35-29(36-26(31)17-13-21-10-6-3-7-11-21)27-22(14-15-23(24)27)18-34-25(30)16-12-20-8-4-2-5-9-20/h2-11,14,19,23,27,29H,12-13,15-18H2,1H3. The third-order valence-corrected chi connectivity index (χ3v) is 6.51. The van der Waals surface area contributed by atoms with E-state index in [-0.39, 0.29) is 31.3 Å². The van der Waals surface area contributed by atoms with Gasteiger partial charge in [-0.25, -0.2) is 4.79 Å². The van der Waals surface area contributed by atoms with Gasteiger partial charge in [0.15, 0.2) is 0 Å². The smallest absolute Gasteiger partial charge is 0.337 e. The molecule has 0 bridgehead atoms. The van der Waals surface area contributed by atoms with Crippen LogP contribution in [0.4, 0.5) is 0 Å². The summed E-state index contributed by atoms with van der Waals surface area (Å²) in [4.78, 5) is 37.3. The Balaban J connectivity index is 1.37. The zero-order chi connectivity index (χ0) is 25.3. The van der Waals surface area contributed by atoms with E-state index in [1.54, 1.807) is 0 Å². The number of fused-ring (bicyclic) bond motifs is 1. The van der Waals surface area contributed by atoms with Gasteiger partial charge in [-0.15, -0.1) is 0 Å². The number of hydrogen-bond acceptors (Lipinski definition) is 7. The number of carbonyl (C=O) groups excluding carboxylic acids is 3. The molecular formula is C29H30O7. The van der Waals surface area contributed by atoms with E-state index in [9.17, 15) is 14.4 Å². The van der Waals surface area contributed by atoms with Crippen molar-refractivity contribution in [3.05, 3.63) is 95.3 Å². The lowest BCUT2D eigenvalue weighted by Crippen LogP contribution is -2.39. The van der Waals surface area contributed by atoms with Crippen LogP contribution in [0.5, 0.6) is 0 Å². The van der Waals surface area contributed by atoms with Crippen LogP contribution in [0.3, 0.4) is 0 Å². The molecule has 0 N–H and O–H groups in total. The molecule has 0 amide bonds. The van der Waals surface area contributed by atoms with Crippen LogP contribution >= 0.6 is 0 Å². The summed E-state index contributed by atoms with van der Waals surface area (Å²) in [5.41, 5.74) is 3.24. The number of aryl methyl sites for hydroxylation is 2. The van der Waals surface area contributed by atoms with Gasteiger partial charge < -0.3 is 18.9 Å². The first kappa shape index (κ1) is 25.2. The van der Waals surface area contributed by atoms with Crippen molar-refractivity contribution in [2.75, 3.05) is 13.7 Å². The second-order valence-corrected chi connectivity index (χ2v) is 8.84. The maximum Gasteiger partial charge on any atom is 0.337 e. The molecule has 4 rings (SSSR count). The average Bonchev–Trinajstić information content (AvgIpc) is 3.35. The Kier molecular flexibility index (Phi) is 8.55. The summed E-state index contributed by atoms with van der Waals surface area (Å²) >= 11 is 0. The molecule has 0 radical (unpaired) electrons. The van der Waals surface area contributed by atoms with Crippen LogP contribution in [0.1, 0.15) is 30.4 Å². The van der Waals surface area contributed by atoms with Gasteiger partial charge in [0.2, 0.25) is 0 Å². The molecule has 0 aromatic heterocycles. The van der Waals surface area contributed by atoms with Crippen molar-refractivity contribution < 1.29 is 33.3 Å². The average molecular weight is 491 g/mol. The van der Waals surface area contributed by atoms with Crippen molar-refractivity contribution >= 4 is 17.9 Å². The number of methoxy groups -OCH3 is 1. The lowest BCUT2D eigenvalue weighted by molar-refractivity contribution is -0.183. The minimum atomic E-state index is -0.913. The van der Waals surface area contributed by atoms with Crippen LogP contribution in [0.2, 0.25) is 0 Å². The first-order chi connectivity index (χ1) is 17.5. The molecule has 1 heterocycles. The van der Waals surface area contributed by atoms with E-state index >= 15 is 0 Å². The number of carbonyl (C=O) groups is 3. The molecule has 2 aromatic carbocycles. The van der Waals surface area contributed by atoms with Gasteiger partial charge in [0.05, 0.1) is 24.9 Å². The second-order valence-electron chi connectivity index (χ2n) is 8.84. The Morgan fingerprint density at radius 3 is 2.11 bits per heavy atom. The van der Waals surface area contributed by atoms with E-state index in [1.807, 2.05) is 66.7 Å². The van der Waals surface area contributed by atoms with Crippen molar-refractivity contribution in [1.82, 2.24) is 0 Å². The topological polar surface area (TPSA) is 88.1 Å². The SMILES string of the molecule is COC(=O)C1=COC(OC(=O)CCc2ccccc2)C2C(COC(=O)CCc3ccccc3)=CCC12. The summed E-state index contributed by atoms with van der Waals surface area (Å²) in [6.07, 6.45) is 4.46. The number of ether oxygens (including phenoxy) is 4. The predicted octanol–water partition coefficient (Wildman–Crippen LogP) is 4.31. The first-order valence-electron chi connectivity index (χ1n) is 12.1. The predicted molar refractivity (Wildman–Crippen MR) is 131 cm³/mol. The molecule has 1 aliphatic carbocycles. The lowest BCUT2D eigenvalue weighted by Gasteiger charge is -2.34. The molecule has 36 heavy (non-hydrogen) atoms. The fourth-order valence-corrected chi connectivity index (χ4v) is 4.60. The highest BCUT2D eigenvalue weighted by atomic mass is 16.7. The quantitative estimate of drug-likeness (QED) is 0.279. The number of benzene rings is 2. The molecule has 7 nitrogen and oxygen atoms in total. The Bertz CT molecular complexity index is 1120. The fraction of sp³-hybridized carbons (Fsp3) is 0.345. The number of rotatable bonds is 10. The maximum absolute atomic E-state index is 12.6. The summed E-state index contributed by atoms with van der Waals surface area (Å²) in [5, 5.41) is 0. The van der Waals surface area contributed by atoms with Crippen molar-refractivity contribution in [3.8, 4) is 0 Å². The van der Waals surface area contributed by atoms with Crippen LogP contribution in [-0.2, 0) is 46.2 Å². The van der Waals surface area contributed by atoms with Crippen molar-refractivity contribution in [2.45, 2.75) is 38.4 Å². The number of esters is 3. The highest BCUT2D eigenvalue weighted by Gasteiger charge is 2.46. The van der Waals surface area contributed by atoms with Gasteiger partial charge in [0.25, 0.3) is 6.29 Å². The molecule has 3 atom stereocenters. The fourth-order valence-electron chi connectivity index (χ4n) is 4.60. The molecule has 0 saturated carbocycles. The molecular weight excluding hydrogens is 460 g/mol. The van der Waals surface area contributed by atoms with E-state index in [2.05, 4.69) is 0 Å². The van der Waals surface area contributed by atoms with Gasteiger partial charge in [-0.2, -0.15) is 0 Å². The van der Waals surface area contributed by atoms with Gasteiger partial charge in [-0.3, -0.25) is 9.59 Å². The normalized spacial score (nSPS) is 20.3. The zero-order valence-electron chi connectivity index (χ0n) is 20.3. The van der Waals surface area contributed by atoms with Crippen LogP contribution in [0.25, 0.3) is 0 Å². The summed E-state index contributed by atoms with van der Waals surface area (Å²) in [7, 11) is 1.31. The van der Waals surface area contributed by atoms with Crippen molar-refractivity contribution in [2.24, 2.45) is 11.8 Å². The minimum Gasteiger partial charge on any atom is -0.466 e. The van der Waals surface area contributed by atoms with E-state index < -0.39 is 24.1 Å². The molecule has 0 saturated heterocycles. The second kappa shape index (κ2) is 12.2. The molecule has 188 valence electrons. The summed E-state index contributed by atoms with van der Waals surface area (Å²) < 4.78 is 21.8. The number of allylic oxidation sites excluding steroid dienone is 1. The maximum atomic E-state index is 12.6. The third-order valence-electron chi connectivity index (χ3n) is 6.51. The van der Waals surface area contributed by atoms with Crippen molar-refractivity contribution in [3.63, 3.8) is 0 Å². The minimum absolute atomic E-state index is 0.0463. The first-order valence-corrected chi connectivity index (χ1v) is 12.1. The molecule has 2 aliphatic rings. The molecule has 0 fully saturated rings. The summed E-state index contributed by atoms with van der Waals surface area (Å²) in [5.74, 6) is -1.93. The van der Waals surface area contributed by atoms with E-state index in [4.69, 9.17) is 18.9 Å². The highest BCUT2D eigenvalue weighted by molar-refractivity contribution is 5.89. The summed E-state index contributed by atoms with van der Waals surface area (Å²) in [6.45, 7) is 0.0463. The van der Waals surface area contributed by atoms with Crippen LogP contribution in [0, 0.1) is 11.8 Å². The lowest BCUT2D eigenvalue weighted by atomic mass is 9.83. The van der Waals surface area contributed by atoms with Gasteiger partial charge in [-0.1, -0.05) is 66.7 Å². The van der Waals surface area contributed by atoms with E-state index in [0.29, 0.717) is 24.8 Å². The van der Waals surface area contributed by atoms with Gasteiger partial charge >= 0.3 is 17.9 Å². The Morgan fingerprint density at radius 1 is 0.889 bits per heavy atom. The van der Waals surface area contributed by atoms with Crippen molar-refractivity contribution in [1.29, 1.82) is 0 Å². The zero-order valence-corrected chi connectivity index (χ0v) is 20.3. The van der Waals surface area contributed by atoms with Gasteiger partial charge in [0, 0.05) is 18.8 Å². The van der Waals surface area contributed by atoms with Gasteiger partial charge in [0.1, 0.15) is 6.61 Å². The Hall–Kier alpha value is -3.87. The van der Waals surface area contributed by atoms with E-state index in [1.165, 1.54) is 13.4 Å². The van der Waals surface area contributed by atoms with E-state index in [0.717, 1.165) is 16.7 Å². The molecule has 7 heteroatoms. The van der Waals surface area contributed by atoms with Crippen LogP contribution < -0.4 is 0 Å². The number of hydrogen-bond donors (Lipinski definition) is 0. The largest absolute Gasteiger partial charge is 0.466 e. The molecule has 0 spiro atoms. The van der Waals surface area contributed by atoms with Gasteiger partial charge in [-0.05, 0) is 36.0 Å². The Morgan fingerprint density at radius 2 is 1.50 bits per heavy atom. The molecule has 2 aromatic rings. The van der Waals surface area contributed by atoms with Crippen LogP contribution in [0.15, 0.2) is 84.1 Å². The molecule has 3 unspecified atom stereocenters. The Labute approximate surface area is 210 Å². The molecule has 1 aliphatic heterocycles. The van der Waals surface area contributed by atoms with Crippen LogP contribution in [-0.4, -0.2) is 37.9 Å². The third kappa shape index (κ3) is 6.42.